The maximum atomic E-state index is 12.4. The Morgan fingerprint density at radius 1 is 1.33 bits per heavy atom. The highest BCUT2D eigenvalue weighted by molar-refractivity contribution is 5.96. The van der Waals surface area contributed by atoms with Crippen LogP contribution in [0.25, 0.3) is 11.0 Å². The molecule has 1 aliphatic heterocycles. The molecule has 5 heteroatoms. The minimum absolute atomic E-state index is 0.217. The summed E-state index contributed by atoms with van der Waals surface area (Å²) < 4.78 is 10.8. The number of furan rings is 1. The third-order valence-corrected chi connectivity index (χ3v) is 3.94. The number of carbonyl (C=O) groups is 1. The number of hydrogen-bond acceptors (Lipinski definition) is 4. The molecule has 1 fully saturated rings. The minimum Gasteiger partial charge on any atom is -0.451 e. The Kier molecular flexibility index (Phi) is 3.69. The summed E-state index contributed by atoms with van der Waals surface area (Å²) in [6.45, 7) is 1.35. The molecule has 2 heterocycles. The summed E-state index contributed by atoms with van der Waals surface area (Å²) in [6.07, 6.45) is 1.09. The van der Waals surface area contributed by atoms with Crippen molar-refractivity contribution < 1.29 is 19.1 Å². The van der Waals surface area contributed by atoms with Crippen molar-refractivity contribution in [2.24, 2.45) is 0 Å². The summed E-state index contributed by atoms with van der Waals surface area (Å²) in [5, 5.41) is 11.4. The lowest BCUT2D eigenvalue weighted by Crippen LogP contribution is -2.47. The molecular formula is C16H19NO4. The van der Waals surface area contributed by atoms with E-state index in [1.807, 2.05) is 24.3 Å². The van der Waals surface area contributed by atoms with Crippen LogP contribution in [0.3, 0.4) is 0 Å². The normalized spacial score (nSPS) is 17.8. The van der Waals surface area contributed by atoms with Gasteiger partial charge in [-0.1, -0.05) is 18.2 Å². The molecule has 1 saturated heterocycles. The second-order valence-corrected chi connectivity index (χ2v) is 5.65. The number of nitrogens with zero attached hydrogens (tertiary/aromatic N) is 1. The number of fused-ring (bicyclic) bond motifs is 1. The Bertz CT molecular complexity index is 610. The number of aliphatic hydroxyl groups is 1. The number of para-hydroxylation sites is 1. The van der Waals surface area contributed by atoms with Gasteiger partial charge in [-0.05, 0) is 12.1 Å². The van der Waals surface area contributed by atoms with E-state index in [4.69, 9.17) is 9.15 Å². The molecule has 1 aromatic heterocycles. The molecule has 21 heavy (non-hydrogen) atoms. The van der Waals surface area contributed by atoms with Gasteiger partial charge in [0.1, 0.15) is 5.58 Å². The lowest BCUT2D eigenvalue weighted by atomic mass is 9.94. The van der Waals surface area contributed by atoms with Crippen molar-refractivity contribution in [1.29, 1.82) is 0 Å². The monoisotopic (exact) mass is 289 g/mol. The van der Waals surface area contributed by atoms with Crippen molar-refractivity contribution in [2.75, 3.05) is 26.8 Å². The highest BCUT2D eigenvalue weighted by Crippen LogP contribution is 2.24. The molecule has 0 aliphatic carbocycles. The van der Waals surface area contributed by atoms with Gasteiger partial charge in [0.25, 0.3) is 5.91 Å². The van der Waals surface area contributed by atoms with Crippen LogP contribution in [0.2, 0.25) is 0 Å². The van der Waals surface area contributed by atoms with Gasteiger partial charge in [-0.3, -0.25) is 4.79 Å². The largest absolute Gasteiger partial charge is 0.451 e. The lowest BCUT2D eigenvalue weighted by molar-refractivity contribution is -0.0736. The van der Waals surface area contributed by atoms with Gasteiger partial charge in [0.2, 0.25) is 0 Å². The fraction of sp³-hybridized carbons (Fsp3) is 0.438. The molecule has 1 aromatic carbocycles. The topological polar surface area (TPSA) is 62.9 Å². The Hall–Kier alpha value is -1.85. The van der Waals surface area contributed by atoms with E-state index in [1.54, 1.807) is 13.1 Å². The van der Waals surface area contributed by atoms with E-state index < -0.39 is 5.60 Å². The van der Waals surface area contributed by atoms with Gasteiger partial charge in [-0.25, -0.2) is 0 Å². The van der Waals surface area contributed by atoms with E-state index in [1.165, 1.54) is 4.90 Å². The first kappa shape index (κ1) is 14.1. The molecule has 5 nitrogen and oxygen atoms in total. The van der Waals surface area contributed by atoms with E-state index in [0.29, 0.717) is 37.4 Å². The summed E-state index contributed by atoms with van der Waals surface area (Å²) >= 11 is 0. The Balaban J connectivity index is 1.74. The molecule has 3 rings (SSSR count). The summed E-state index contributed by atoms with van der Waals surface area (Å²) in [6, 6.07) is 9.25. The van der Waals surface area contributed by atoms with Crippen LogP contribution < -0.4 is 0 Å². The Morgan fingerprint density at radius 3 is 2.76 bits per heavy atom. The van der Waals surface area contributed by atoms with Gasteiger partial charge in [0.15, 0.2) is 5.76 Å². The lowest BCUT2D eigenvalue weighted by Gasteiger charge is -2.35. The second-order valence-electron chi connectivity index (χ2n) is 5.65. The minimum atomic E-state index is -0.866. The number of hydrogen-bond donors (Lipinski definition) is 1. The first-order valence-electron chi connectivity index (χ1n) is 7.12. The first-order chi connectivity index (χ1) is 10.1. The molecule has 112 valence electrons. The molecule has 0 atom stereocenters. The van der Waals surface area contributed by atoms with Gasteiger partial charge >= 0.3 is 0 Å². The van der Waals surface area contributed by atoms with Crippen LogP contribution in [0, 0.1) is 0 Å². The molecular weight excluding hydrogens is 270 g/mol. The number of rotatable bonds is 3. The van der Waals surface area contributed by atoms with Gasteiger partial charge in [0, 0.05) is 45.0 Å². The summed E-state index contributed by atoms with van der Waals surface area (Å²) in [4.78, 5) is 13.9. The predicted octanol–water partition coefficient (Wildman–Crippen LogP) is 2.05. The van der Waals surface area contributed by atoms with Crippen molar-refractivity contribution >= 4 is 16.9 Å². The first-order valence-corrected chi connectivity index (χ1v) is 7.12. The number of benzene rings is 1. The summed E-state index contributed by atoms with van der Waals surface area (Å²) in [5.41, 5.74) is -0.173. The zero-order valence-electron chi connectivity index (χ0n) is 12.0. The van der Waals surface area contributed by atoms with Gasteiger partial charge in [-0.15, -0.1) is 0 Å². The highest BCUT2D eigenvalue weighted by Gasteiger charge is 2.33. The molecule has 0 radical (unpaired) electrons. The summed E-state index contributed by atoms with van der Waals surface area (Å²) in [5.74, 6) is 0.0838. The average molecular weight is 289 g/mol. The zero-order chi connectivity index (χ0) is 14.9. The van der Waals surface area contributed by atoms with Crippen LogP contribution in [0.1, 0.15) is 23.4 Å². The van der Waals surface area contributed by atoms with Crippen molar-refractivity contribution in [1.82, 2.24) is 4.90 Å². The van der Waals surface area contributed by atoms with E-state index in [9.17, 15) is 9.90 Å². The average Bonchev–Trinajstić information content (AvgIpc) is 2.90. The third-order valence-electron chi connectivity index (χ3n) is 3.94. The maximum absolute atomic E-state index is 12.4. The molecule has 0 unspecified atom stereocenters. The zero-order valence-corrected chi connectivity index (χ0v) is 12.0. The molecule has 0 bridgehead atoms. The van der Waals surface area contributed by atoms with E-state index in [2.05, 4.69) is 0 Å². The molecule has 0 spiro atoms. The Labute approximate surface area is 123 Å². The van der Waals surface area contributed by atoms with Gasteiger partial charge < -0.3 is 19.2 Å². The van der Waals surface area contributed by atoms with Crippen molar-refractivity contribution in [2.45, 2.75) is 18.4 Å². The molecule has 1 N–H and O–H groups in total. The van der Waals surface area contributed by atoms with Crippen molar-refractivity contribution in [3.8, 4) is 0 Å². The molecule has 2 aromatic rings. The van der Waals surface area contributed by atoms with Crippen molar-refractivity contribution in [3.05, 3.63) is 36.1 Å². The second kappa shape index (κ2) is 5.50. The van der Waals surface area contributed by atoms with E-state index in [0.717, 1.165) is 5.39 Å². The van der Waals surface area contributed by atoms with Gasteiger partial charge in [0.05, 0.1) is 5.60 Å². The summed E-state index contributed by atoms with van der Waals surface area (Å²) in [7, 11) is 1.68. The van der Waals surface area contributed by atoms with E-state index in [-0.39, 0.29) is 12.5 Å². The molecule has 1 aliphatic rings. The SMILES string of the molecule is CN(CC1(O)CCOCC1)C(=O)c1cc2ccccc2o1. The number of amides is 1. The smallest absolute Gasteiger partial charge is 0.289 e. The highest BCUT2D eigenvalue weighted by atomic mass is 16.5. The number of likely N-dealkylation sites (N-methyl/N-ethyl adjacent to an activating group) is 1. The van der Waals surface area contributed by atoms with E-state index >= 15 is 0 Å². The quantitative estimate of drug-likeness (QED) is 0.939. The van der Waals surface area contributed by atoms with Crippen LogP contribution in [0.15, 0.2) is 34.7 Å². The predicted molar refractivity (Wildman–Crippen MR) is 78.2 cm³/mol. The van der Waals surface area contributed by atoms with Crippen LogP contribution in [0.5, 0.6) is 0 Å². The van der Waals surface area contributed by atoms with Crippen molar-refractivity contribution in [3.63, 3.8) is 0 Å². The fourth-order valence-electron chi connectivity index (χ4n) is 2.70. The Morgan fingerprint density at radius 2 is 2.05 bits per heavy atom. The van der Waals surface area contributed by atoms with Crippen LogP contribution in [-0.2, 0) is 4.74 Å². The van der Waals surface area contributed by atoms with Gasteiger partial charge in [-0.2, -0.15) is 0 Å². The number of ether oxygens (including phenoxy) is 1. The molecule has 0 saturated carbocycles. The van der Waals surface area contributed by atoms with Crippen LogP contribution >= 0.6 is 0 Å². The maximum Gasteiger partial charge on any atom is 0.289 e. The number of carbonyl (C=O) groups excluding carboxylic acids is 1. The van der Waals surface area contributed by atoms with Crippen LogP contribution in [-0.4, -0.2) is 48.3 Å². The standard InChI is InChI=1S/C16H19NO4/c1-17(11-16(19)6-8-20-9-7-16)15(18)14-10-12-4-2-3-5-13(12)21-14/h2-5,10,19H,6-9,11H2,1H3. The molecule has 1 amide bonds. The van der Waals surface area contributed by atoms with Crippen LogP contribution in [0.4, 0.5) is 0 Å². The third kappa shape index (κ3) is 2.94. The fourth-order valence-corrected chi connectivity index (χ4v) is 2.70.